The molecular weight excluding hydrogens is 324 g/mol. The molecule has 2 aromatic heterocycles. The lowest BCUT2D eigenvalue weighted by Gasteiger charge is -2.08. The lowest BCUT2D eigenvalue weighted by molar-refractivity contribution is -0.118. The minimum absolute atomic E-state index is 0.0244. The maximum atomic E-state index is 11.7. The van der Waals surface area contributed by atoms with Crippen LogP contribution in [0.4, 0.5) is 5.69 Å². The summed E-state index contributed by atoms with van der Waals surface area (Å²) in [4.78, 5) is 17.7. The molecule has 118 valence electrons. The van der Waals surface area contributed by atoms with Crippen LogP contribution >= 0.6 is 22.7 Å². The average Bonchev–Trinajstić information content (AvgIpc) is 3.17. The van der Waals surface area contributed by atoms with Gasteiger partial charge >= 0.3 is 0 Å². The molecule has 0 fully saturated rings. The summed E-state index contributed by atoms with van der Waals surface area (Å²) in [5, 5.41) is 8.14. The fourth-order valence-electron chi connectivity index (χ4n) is 2.17. The van der Waals surface area contributed by atoms with Gasteiger partial charge in [-0.2, -0.15) is 11.3 Å². The normalized spacial score (nSPS) is 11.0. The zero-order valence-electron chi connectivity index (χ0n) is 13.3. The van der Waals surface area contributed by atoms with Gasteiger partial charge in [-0.1, -0.05) is 26.0 Å². The first-order valence-corrected chi connectivity index (χ1v) is 9.22. The summed E-state index contributed by atoms with van der Waals surface area (Å²) in [6.45, 7) is 5.86. The van der Waals surface area contributed by atoms with Gasteiger partial charge in [0.05, 0.1) is 5.69 Å². The second kappa shape index (κ2) is 6.64. The molecule has 1 aromatic carbocycles. The first kappa shape index (κ1) is 15.9. The zero-order chi connectivity index (χ0) is 16.4. The second-order valence-corrected chi connectivity index (χ2v) is 7.64. The molecule has 2 heterocycles. The number of thiophene rings is 1. The molecule has 0 bridgehead atoms. The number of anilines is 1. The Bertz CT molecular complexity index is 802. The fraction of sp³-hybridized carbons (Fsp3) is 0.222. The molecule has 0 spiro atoms. The minimum atomic E-state index is -0.0244. The summed E-state index contributed by atoms with van der Waals surface area (Å²) in [6, 6.07) is 9.97. The van der Waals surface area contributed by atoms with Crippen molar-refractivity contribution in [2.24, 2.45) is 5.92 Å². The molecule has 3 rings (SSSR count). The molecule has 0 saturated heterocycles. The summed E-state index contributed by atoms with van der Waals surface area (Å²) < 4.78 is 0. The van der Waals surface area contributed by atoms with E-state index in [-0.39, 0.29) is 11.8 Å². The lowest BCUT2D eigenvalue weighted by Crippen LogP contribution is -2.17. The van der Waals surface area contributed by atoms with Gasteiger partial charge in [-0.3, -0.25) is 4.79 Å². The van der Waals surface area contributed by atoms with Crippen LogP contribution in [0.15, 0.2) is 41.1 Å². The number of benzene rings is 1. The van der Waals surface area contributed by atoms with E-state index in [1.807, 2.05) is 38.1 Å². The molecule has 23 heavy (non-hydrogen) atoms. The van der Waals surface area contributed by atoms with Crippen molar-refractivity contribution in [2.75, 3.05) is 5.32 Å². The summed E-state index contributed by atoms with van der Waals surface area (Å²) >= 11 is 3.39. The second-order valence-electron chi connectivity index (χ2n) is 5.66. The monoisotopic (exact) mass is 342 g/mol. The quantitative estimate of drug-likeness (QED) is 0.686. The summed E-state index contributed by atoms with van der Waals surface area (Å²) in [5.74, 6) is 0.00552. The van der Waals surface area contributed by atoms with Gasteiger partial charge in [0.25, 0.3) is 0 Å². The Kier molecular flexibility index (Phi) is 4.59. The van der Waals surface area contributed by atoms with Gasteiger partial charge in [-0.25, -0.2) is 4.98 Å². The Morgan fingerprint density at radius 1 is 1.13 bits per heavy atom. The van der Waals surface area contributed by atoms with Crippen LogP contribution in [0.25, 0.3) is 21.8 Å². The predicted octanol–water partition coefficient (Wildman–Crippen LogP) is 5.44. The fourth-order valence-corrected chi connectivity index (χ4v) is 3.82. The molecule has 0 unspecified atom stereocenters. The SMILES string of the molecule is Cc1sc(-c2ccsc2)nc1-c1ccc(NC(=O)C(C)C)cc1. The van der Waals surface area contributed by atoms with E-state index < -0.39 is 0 Å². The molecule has 0 radical (unpaired) electrons. The van der Waals surface area contributed by atoms with E-state index in [1.54, 1.807) is 22.7 Å². The maximum absolute atomic E-state index is 11.7. The maximum Gasteiger partial charge on any atom is 0.226 e. The number of nitrogens with one attached hydrogen (secondary N) is 1. The number of amides is 1. The highest BCUT2D eigenvalue weighted by Gasteiger charge is 2.12. The van der Waals surface area contributed by atoms with Crippen molar-refractivity contribution in [3.8, 4) is 21.8 Å². The summed E-state index contributed by atoms with van der Waals surface area (Å²) in [6.07, 6.45) is 0. The number of rotatable bonds is 4. The molecule has 0 aliphatic carbocycles. The van der Waals surface area contributed by atoms with E-state index in [9.17, 15) is 4.79 Å². The number of carbonyl (C=O) groups is 1. The van der Waals surface area contributed by atoms with Gasteiger partial charge in [0, 0.05) is 33.0 Å². The number of thiazole rings is 1. The van der Waals surface area contributed by atoms with Crippen LogP contribution in [0.5, 0.6) is 0 Å². The number of aromatic nitrogens is 1. The molecule has 1 amide bonds. The zero-order valence-corrected chi connectivity index (χ0v) is 14.9. The topological polar surface area (TPSA) is 42.0 Å². The van der Waals surface area contributed by atoms with Crippen molar-refractivity contribution in [3.05, 3.63) is 46.0 Å². The van der Waals surface area contributed by atoms with E-state index in [4.69, 9.17) is 4.98 Å². The van der Waals surface area contributed by atoms with Gasteiger partial charge < -0.3 is 5.32 Å². The third kappa shape index (κ3) is 3.51. The lowest BCUT2D eigenvalue weighted by atomic mass is 10.1. The van der Waals surface area contributed by atoms with E-state index in [0.29, 0.717) is 0 Å². The highest BCUT2D eigenvalue weighted by molar-refractivity contribution is 7.16. The average molecular weight is 342 g/mol. The molecular formula is C18H18N2OS2. The van der Waals surface area contributed by atoms with Gasteiger partial charge in [0.1, 0.15) is 5.01 Å². The molecule has 3 nitrogen and oxygen atoms in total. The first-order chi connectivity index (χ1) is 11.0. The number of aryl methyl sites for hydroxylation is 1. The van der Waals surface area contributed by atoms with Gasteiger partial charge in [0.2, 0.25) is 5.91 Å². The molecule has 0 aliphatic heterocycles. The Balaban J connectivity index is 1.84. The van der Waals surface area contributed by atoms with Crippen molar-refractivity contribution < 1.29 is 4.79 Å². The van der Waals surface area contributed by atoms with Crippen LogP contribution in [-0.4, -0.2) is 10.9 Å². The van der Waals surface area contributed by atoms with Crippen LogP contribution in [-0.2, 0) is 4.79 Å². The summed E-state index contributed by atoms with van der Waals surface area (Å²) in [5.41, 5.74) is 4.08. The van der Waals surface area contributed by atoms with E-state index in [2.05, 4.69) is 29.1 Å². The molecule has 3 aromatic rings. The Morgan fingerprint density at radius 3 is 2.48 bits per heavy atom. The molecule has 1 N–H and O–H groups in total. The van der Waals surface area contributed by atoms with Gasteiger partial charge in [0.15, 0.2) is 0 Å². The van der Waals surface area contributed by atoms with E-state index >= 15 is 0 Å². The molecule has 0 saturated carbocycles. The van der Waals surface area contributed by atoms with Crippen LogP contribution in [0.1, 0.15) is 18.7 Å². The van der Waals surface area contributed by atoms with Crippen molar-refractivity contribution in [1.82, 2.24) is 4.98 Å². The number of carbonyl (C=O) groups excluding carboxylic acids is 1. The molecule has 0 aliphatic rings. The number of hydrogen-bond donors (Lipinski definition) is 1. The highest BCUT2D eigenvalue weighted by Crippen LogP contribution is 2.34. The molecule has 0 atom stereocenters. The Morgan fingerprint density at radius 2 is 1.87 bits per heavy atom. The summed E-state index contributed by atoms with van der Waals surface area (Å²) in [7, 11) is 0. The van der Waals surface area contributed by atoms with Crippen molar-refractivity contribution in [1.29, 1.82) is 0 Å². The third-order valence-corrected chi connectivity index (χ3v) is 5.22. The van der Waals surface area contributed by atoms with Crippen LogP contribution in [0, 0.1) is 12.8 Å². The highest BCUT2D eigenvalue weighted by atomic mass is 32.1. The Hall–Kier alpha value is -1.98. The first-order valence-electron chi connectivity index (χ1n) is 7.46. The number of hydrogen-bond acceptors (Lipinski definition) is 4. The van der Waals surface area contributed by atoms with Gasteiger partial charge in [-0.15, -0.1) is 11.3 Å². The van der Waals surface area contributed by atoms with Crippen molar-refractivity contribution in [2.45, 2.75) is 20.8 Å². The van der Waals surface area contributed by atoms with Crippen LogP contribution in [0.3, 0.4) is 0 Å². The van der Waals surface area contributed by atoms with E-state index in [1.165, 1.54) is 10.4 Å². The minimum Gasteiger partial charge on any atom is -0.326 e. The van der Waals surface area contributed by atoms with Crippen LogP contribution < -0.4 is 5.32 Å². The van der Waals surface area contributed by atoms with Gasteiger partial charge in [-0.05, 0) is 30.5 Å². The van der Waals surface area contributed by atoms with Crippen molar-refractivity contribution >= 4 is 34.3 Å². The van der Waals surface area contributed by atoms with Crippen molar-refractivity contribution in [3.63, 3.8) is 0 Å². The molecule has 5 heteroatoms. The van der Waals surface area contributed by atoms with Crippen LogP contribution in [0.2, 0.25) is 0 Å². The Labute approximate surface area is 144 Å². The predicted molar refractivity (Wildman–Crippen MR) is 99.1 cm³/mol. The third-order valence-electron chi connectivity index (χ3n) is 3.51. The largest absolute Gasteiger partial charge is 0.326 e. The number of nitrogens with zero attached hydrogens (tertiary/aromatic N) is 1. The van der Waals surface area contributed by atoms with E-state index in [0.717, 1.165) is 22.0 Å². The smallest absolute Gasteiger partial charge is 0.226 e. The standard InChI is InChI=1S/C18H18N2OS2/c1-11(2)17(21)19-15-6-4-13(5-7-15)16-12(3)23-18(20-16)14-8-9-22-10-14/h4-11H,1-3H3,(H,19,21).